The van der Waals surface area contributed by atoms with Crippen molar-refractivity contribution in [1.82, 2.24) is 9.97 Å². The van der Waals surface area contributed by atoms with Crippen molar-refractivity contribution in [3.8, 4) is 0 Å². The third-order valence-corrected chi connectivity index (χ3v) is 4.85. The van der Waals surface area contributed by atoms with Gasteiger partial charge in [-0.3, -0.25) is 9.78 Å². The zero-order valence-corrected chi connectivity index (χ0v) is 15.3. The molecule has 2 heterocycles. The molecule has 1 aliphatic rings. The first-order valence-electron chi connectivity index (χ1n) is 9.21. The van der Waals surface area contributed by atoms with Crippen molar-refractivity contribution < 1.29 is 9.18 Å². The number of hydrogen-bond donors (Lipinski definition) is 4. The molecule has 0 saturated heterocycles. The maximum atomic E-state index is 14.5. The molecular formula is C19H25FN6O. The molecule has 27 heavy (non-hydrogen) atoms. The average molecular weight is 372 g/mol. The summed E-state index contributed by atoms with van der Waals surface area (Å²) >= 11 is 0. The summed E-state index contributed by atoms with van der Waals surface area (Å²) in [6, 6.07) is 2.88. The SMILES string of the molecule is CCc1cncc(Nc2nc(NC3CCCCC3N)c(F)cc2C(N)=O)c1. The summed E-state index contributed by atoms with van der Waals surface area (Å²) < 4.78 is 14.5. The number of rotatable bonds is 6. The van der Waals surface area contributed by atoms with E-state index in [4.69, 9.17) is 11.5 Å². The molecule has 1 amide bonds. The molecule has 2 aromatic rings. The van der Waals surface area contributed by atoms with Crippen molar-refractivity contribution in [2.45, 2.75) is 51.1 Å². The molecule has 144 valence electrons. The molecule has 2 aromatic heterocycles. The van der Waals surface area contributed by atoms with Gasteiger partial charge >= 0.3 is 0 Å². The summed E-state index contributed by atoms with van der Waals surface area (Å²) in [6.45, 7) is 2.02. The Balaban J connectivity index is 1.91. The number of nitrogens with zero attached hydrogens (tertiary/aromatic N) is 2. The maximum absolute atomic E-state index is 14.5. The Morgan fingerprint density at radius 1 is 1.26 bits per heavy atom. The van der Waals surface area contributed by atoms with E-state index in [1.807, 2.05) is 13.0 Å². The molecule has 1 aliphatic carbocycles. The van der Waals surface area contributed by atoms with E-state index < -0.39 is 11.7 Å². The molecule has 2 atom stereocenters. The molecule has 8 heteroatoms. The minimum absolute atomic E-state index is 0.0205. The van der Waals surface area contributed by atoms with Crippen molar-refractivity contribution in [3.63, 3.8) is 0 Å². The molecule has 0 spiro atoms. The summed E-state index contributed by atoms with van der Waals surface area (Å²) in [7, 11) is 0. The number of halogens is 1. The topological polar surface area (TPSA) is 119 Å². The van der Waals surface area contributed by atoms with Crippen molar-refractivity contribution in [3.05, 3.63) is 41.5 Å². The second-order valence-electron chi connectivity index (χ2n) is 6.84. The smallest absolute Gasteiger partial charge is 0.252 e. The number of nitrogens with two attached hydrogens (primary N) is 2. The predicted octanol–water partition coefficient (Wildman–Crippen LogP) is 2.70. The number of anilines is 3. The Morgan fingerprint density at radius 3 is 2.74 bits per heavy atom. The van der Waals surface area contributed by atoms with Gasteiger partial charge in [-0.1, -0.05) is 19.8 Å². The van der Waals surface area contributed by atoms with E-state index in [0.29, 0.717) is 5.69 Å². The fraction of sp³-hybridized carbons (Fsp3) is 0.421. The Labute approximate surface area is 157 Å². The van der Waals surface area contributed by atoms with Gasteiger partial charge in [0.25, 0.3) is 5.91 Å². The van der Waals surface area contributed by atoms with Gasteiger partial charge in [-0.2, -0.15) is 0 Å². The van der Waals surface area contributed by atoms with Crippen LogP contribution in [0.4, 0.5) is 21.7 Å². The molecule has 1 saturated carbocycles. The predicted molar refractivity (Wildman–Crippen MR) is 103 cm³/mol. The Kier molecular flexibility index (Phi) is 5.85. The summed E-state index contributed by atoms with van der Waals surface area (Å²) in [5.41, 5.74) is 13.2. The van der Waals surface area contributed by atoms with Gasteiger partial charge in [-0.25, -0.2) is 9.37 Å². The first-order valence-corrected chi connectivity index (χ1v) is 9.21. The van der Waals surface area contributed by atoms with Gasteiger partial charge < -0.3 is 22.1 Å². The van der Waals surface area contributed by atoms with Gasteiger partial charge in [-0.15, -0.1) is 0 Å². The van der Waals surface area contributed by atoms with Crippen LogP contribution in [-0.4, -0.2) is 28.0 Å². The maximum Gasteiger partial charge on any atom is 0.252 e. The van der Waals surface area contributed by atoms with Crippen LogP contribution in [0.15, 0.2) is 24.5 Å². The third kappa shape index (κ3) is 4.51. The molecule has 2 unspecified atom stereocenters. The van der Waals surface area contributed by atoms with Crippen LogP contribution < -0.4 is 22.1 Å². The second kappa shape index (κ2) is 8.30. The lowest BCUT2D eigenvalue weighted by Crippen LogP contribution is -2.43. The van der Waals surface area contributed by atoms with Gasteiger partial charge in [0, 0.05) is 18.3 Å². The molecule has 7 nitrogen and oxygen atoms in total. The second-order valence-corrected chi connectivity index (χ2v) is 6.84. The lowest BCUT2D eigenvalue weighted by atomic mass is 9.91. The normalized spacial score (nSPS) is 19.5. The van der Waals surface area contributed by atoms with Crippen LogP contribution in [0.1, 0.15) is 48.5 Å². The van der Waals surface area contributed by atoms with Crippen molar-refractivity contribution >= 4 is 23.2 Å². The van der Waals surface area contributed by atoms with E-state index in [2.05, 4.69) is 20.6 Å². The monoisotopic (exact) mass is 372 g/mol. The largest absolute Gasteiger partial charge is 0.365 e. The highest BCUT2D eigenvalue weighted by molar-refractivity contribution is 5.98. The first-order chi connectivity index (χ1) is 13.0. The van der Waals surface area contributed by atoms with Crippen LogP contribution >= 0.6 is 0 Å². The summed E-state index contributed by atoms with van der Waals surface area (Å²) in [4.78, 5) is 20.2. The highest BCUT2D eigenvalue weighted by atomic mass is 19.1. The molecule has 3 rings (SSSR count). The van der Waals surface area contributed by atoms with E-state index in [1.54, 1.807) is 12.4 Å². The lowest BCUT2D eigenvalue weighted by Gasteiger charge is -2.30. The molecule has 0 aliphatic heterocycles. The molecular weight excluding hydrogens is 347 g/mol. The zero-order valence-electron chi connectivity index (χ0n) is 15.3. The van der Waals surface area contributed by atoms with E-state index in [9.17, 15) is 9.18 Å². The molecule has 0 radical (unpaired) electrons. The van der Waals surface area contributed by atoms with Crippen molar-refractivity contribution in [2.24, 2.45) is 11.5 Å². The van der Waals surface area contributed by atoms with Crippen LogP contribution in [0.25, 0.3) is 0 Å². The van der Waals surface area contributed by atoms with Crippen LogP contribution in [-0.2, 0) is 6.42 Å². The highest BCUT2D eigenvalue weighted by Crippen LogP contribution is 2.26. The first kappa shape index (κ1) is 19.0. The minimum Gasteiger partial charge on any atom is -0.365 e. The number of carbonyl (C=O) groups is 1. The van der Waals surface area contributed by atoms with Gasteiger partial charge in [0.1, 0.15) is 5.82 Å². The van der Waals surface area contributed by atoms with Crippen LogP contribution in [0.2, 0.25) is 0 Å². The Morgan fingerprint density at radius 2 is 2.04 bits per heavy atom. The summed E-state index contributed by atoms with van der Waals surface area (Å²) in [6.07, 6.45) is 8.03. The fourth-order valence-electron chi connectivity index (χ4n) is 3.27. The number of nitrogens with one attached hydrogen (secondary N) is 2. The van der Waals surface area contributed by atoms with E-state index >= 15 is 0 Å². The van der Waals surface area contributed by atoms with Gasteiger partial charge in [0.05, 0.1) is 17.4 Å². The Hall–Kier alpha value is -2.74. The molecule has 0 aromatic carbocycles. The average Bonchev–Trinajstić information content (AvgIpc) is 2.66. The standard InChI is InChI=1S/C19H25FN6O/c1-2-11-7-12(10-23-9-11)24-18-13(17(22)27)8-14(20)19(26-18)25-16-6-4-3-5-15(16)21/h7-10,15-16H,2-6,21H2,1H3,(H2,22,27)(H2,24,25,26). The summed E-state index contributed by atoms with van der Waals surface area (Å²) in [5, 5.41) is 6.13. The van der Waals surface area contributed by atoms with E-state index in [0.717, 1.165) is 43.7 Å². The minimum atomic E-state index is -0.760. The fourth-order valence-corrected chi connectivity index (χ4v) is 3.27. The van der Waals surface area contributed by atoms with Crippen LogP contribution in [0.3, 0.4) is 0 Å². The zero-order chi connectivity index (χ0) is 19.4. The number of aromatic nitrogens is 2. The lowest BCUT2D eigenvalue weighted by molar-refractivity contribution is 0.100. The van der Waals surface area contributed by atoms with E-state index in [1.165, 1.54) is 0 Å². The van der Waals surface area contributed by atoms with E-state index in [-0.39, 0.29) is 29.3 Å². The quantitative estimate of drug-likeness (QED) is 0.619. The molecule has 1 fully saturated rings. The third-order valence-electron chi connectivity index (χ3n) is 4.85. The number of hydrogen-bond acceptors (Lipinski definition) is 6. The van der Waals surface area contributed by atoms with Crippen molar-refractivity contribution in [2.75, 3.05) is 10.6 Å². The number of pyridine rings is 2. The van der Waals surface area contributed by atoms with Gasteiger partial charge in [-0.05, 0) is 37.0 Å². The number of aryl methyl sites for hydroxylation is 1. The highest BCUT2D eigenvalue weighted by Gasteiger charge is 2.24. The number of amides is 1. The summed E-state index contributed by atoms with van der Waals surface area (Å²) in [5.74, 6) is -1.15. The molecule has 6 N–H and O–H groups in total. The number of primary amides is 1. The van der Waals surface area contributed by atoms with Gasteiger partial charge in [0.15, 0.2) is 11.6 Å². The number of carbonyl (C=O) groups excluding carboxylic acids is 1. The Bertz CT molecular complexity index is 828. The van der Waals surface area contributed by atoms with Crippen LogP contribution in [0, 0.1) is 5.82 Å². The van der Waals surface area contributed by atoms with Crippen molar-refractivity contribution in [1.29, 1.82) is 0 Å². The van der Waals surface area contributed by atoms with Crippen LogP contribution in [0.5, 0.6) is 0 Å². The molecule has 0 bridgehead atoms. The van der Waals surface area contributed by atoms with Gasteiger partial charge in [0.2, 0.25) is 0 Å².